The highest BCUT2D eigenvalue weighted by molar-refractivity contribution is 4.88. The molecule has 0 aromatic heterocycles. The maximum atomic E-state index is 12.7. The Kier molecular flexibility index (Phi) is 5.01. The molecule has 0 aliphatic carbocycles. The van der Waals surface area contributed by atoms with Gasteiger partial charge in [0.2, 0.25) is 0 Å². The first-order valence-electron chi connectivity index (χ1n) is 5.46. The number of likely N-dealkylation sites (tertiary alicyclic amines) is 1. The highest BCUT2D eigenvalue weighted by Crippen LogP contribution is 2.37. The van der Waals surface area contributed by atoms with Gasteiger partial charge in [-0.3, -0.25) is 0 Å². The van der Waals surface area contributed by atoms with E-state index in [1.807, 2.05) is 0 Å². The van der Waals surface area contributed by atoms with E-state index < -0.39 is 18.0 Å². The fraction of sp³-hybridized carbons (Fsp3) is 1.00. The van der Waals surface area contributed by atoms with E-state index in [1.165, 1.54) is 0 Å². The number of rotatable bonds is 5. The van der Waals surface area contributed by atoms with Gasteiger partial charge in [-0.1, -0.05) is 0 Å². The van der Waals surface area contributed by atoms with Gasteiger partial charge < -0.3 is 14.7 Å². The predicted molar refractivity (Wildman–Crippen MR) is 53.1 cm³/mol. The van der Waals surface area contributed by atoms with E-state index >= 15 is 0 Å². The number of alkyl halides is 3. The van der Waals surface area contributed by atoms with Crippen LogP contribution in [0.25, 0.3) is 0 Å². The minimum absolute atomic E-state index is 0.0260. The van der Waals surface area contributed by atoms with Crippen molar-refractivity contribution in [3.05, 3.63) is 0 Å². The third-order valence-electron chi connectivity index (χ3n) is 2.89. The summed E-state index contributed by atoms with van der Waals surface area (Å²) in [5.74, 6) is -1.84. The molecule has 1 N–H and O–H groups in total. The van der Waals surface area contributed by atoms with Crippen LogP contribution in [-0.4, -0.2) is 55.6 Å². The molecule has 0 saturated carbocycles. The molecule has 2 atom stereocenters. The van der Waals surface area contributed by atoms with E-state index in [1.54, 1.807) is 11.8 Å². The zero-order chi connectivity index (χ0) is 12.2. The van der Waals surface area contributed by atoms with Crippen molar-refractivity contribution in [1.29, 1.82) is 0 Å². The highest BCUT2D eigenvalue weighted by Gasteiger charge is 2.49. The second-order valence-electron chi connectivity index (χ2n) is 4.05. The Bertz CT molecular complexity index is 211. The standard InChI is InChI=1S/C10H18F3NO2/c1-2-16-7-8-5-14(3-4-15)6-9(8)10(11,12)13/h8-9,15H,2-7H2,1H3/t8-,9+/m1/s1. The summed E-state index contributed by atoms with van der Waals surface area (Å²) in [4.78, 5) is 1.64. The van der Waals surface area contributed by atoms with Crippen molar-refractivity contribution in [2.45, 2.75) is 13.1 Å². The summed E-state index contributed by atoms with van der Waals surface area (Å²) in [7, 11) is 0. The molecule has 1 fully saturated rings. The van der Waals surface area contributed by atoms with Crippen LogP contribution in [0.5, 0.6) is 0 Å². The topological polar surface area (TPSA) is 32.7 Å². The Morgan fingerprint density at radius 2 is 2.06 bits per heavy atom. The first-order chi connectivity index (χ1) is 7.49. The smallest absolute Gasteiger partial charge is 0.393 e. The van der Waals surface area contributed by atoms with Crippen LogP contribution in [0.2, 0.25) is 0 Å². The van der Waals surface area contributed by atoms with Crippen molar-refractivity contribution in [2.75, 3.05) is 39.5 Å². The molecule has 0 spiro atoms. The largest absolute Gasteiger partial charge is 0.395 e. The van der Waals surface area contributed by atoms with Gasteiger partial charge in [0.25, 0.3) is 0 Å². The number of hydrogen-bond acceptors (Lipinski definition) is 3. The lowest BCUT2D eigenvalue weighted by atomic mass is 9.96. The van der Waals surface area contributed by atoms with Crippen LogP contribution in [0.1, 0.15) is 6.92 Å². The van der Waals surface area contributed by atoms with Crippen molar-refractivity contribution < 1.29 is 23.0 Å². The molecule has 0 bridgehead atoms. The Labute approximate surface area is 93.2 Å². The monoisotopic (exact) mass is 241 g/mol. The van der Waals surface area contributed by atoms with E-state index in [-0.39, 0.29) is 19.8 Å². The van der Waals surface area contributed by atoms with Gasteiger partial charge in [-0.25, -0.2) is 0 Å². The molecule has 1 rings (SSSR count). The number of β-amino-alcohol motifs (C(OH)–C–C–N with tert-alkyl or cyclic N) is 1. The van der Waals surface area contributed by atoms with Crippen molar-refractivity contribution >= 4 is 0 Å². The van der Waals surface area contributed by atoms with Crippen LogP contribution >= 0.6 is 0 Å². The summed E-state index contributed by atoms with van der Waals surface area (Å²) < 4.78 is 43.2. The first kappa shape index (κ1) is 13.7. The third-order valence-corrected chi connectivity index (χ3v) is 2.89. The maximum absolute atomic E-state index is 12.7. The molecule has 1 heterocycles. The summed E-state index contributed by atoms with van der Waals surface area (Å²) in [6.07, 6.45) is -4.17. The molecule has 3 nitrogen and oxygen atoms in total. The van der Waals surface area contributed by atoms with Gasteiger partial charge >= 0.3 is 6.18 Å². The van der Waals surface area contributed by atoms with Gasteiger partial charge in [-0.05, 0) is 6.92 Å². The van der Waals surface area contributed by atoms with E-state index in [2.05, 4.69) is 0 Å². The van der Waals surface area contributed by atoms with Crippen LogP contribution < -0.4 is 0 Å². The van der Waals surface area contributed by atoms with Gasteiger partial charge in [0.15, 0.2) is 0 Å². The van der Waals surface area contributed by atoms with E-state index in [0.717, 1.165) is 0 Å². The number of hydrogen-bond donors (Lipinski definition) is 1. The average molecular weight is 241 g/mol. The van der Waals surface area contributed by atoms with Crippen molar-refractivity contribution in [3.8, 4) is 0 Å². The van der Waals surface area contributed by atoms with Gasteiger partial charge in [-0.2, -0.15) is 13.2 Å². The van der Waals surface area contributed by atoms with Crippen LogP contribution in [-0.2, 0) is 4.74 Å². The van der Waals surface area contributed by atoms with Gasteiger partial charge in [-0.15, -0.1) is 0 Å². The number of nitrogens with zero attached hydrogens (tertiary/aromatic N) is 1. The van der Waals surface area contributed by atoms with Crippen molar-refractivity contribution in [2.24, 2.45) is 11.8 Å². The quantitative estimate of drug-likeness (QED) is 0.783. The lowest BCUT2D eigenvalue weighted by molar-refractivity contribution is -0.184. The Balaban J connectivity index is 2.56. The van der Waals surface area contributed by atoms with Crippen molar-refractivity contribution in [3.63, 3.8) is 0 Å². The molecule has 0 aromatic rings. The first-order valence-corrected chi connectivity index (χ1v) is 5.46. The minimum atomic E-state index is -4.17. The molecule has 0 unspecified atom stereocenters. The van der Waals surface area contributed by atoms with Crippen LogP contribution in [0, 0.1) is 11.8 Å². The molecular weight excluding hydrogens is 223 g/mol. The van der Waals surface area contributed by atoms with E-state index in [0.29, 0.717) is 19.7 Å². The fourth-order valence-electron chi connectivity index (χ4n) is 2.09. The number of halogens is 3. The summed E-state index contributed by atoms with van der Waals surface area (Å²) in [6.45, 7) is 2.86. The second-order valence-corrected chi connectivity index (χ2v) is 4.05. The molecule has 6 heteroatoms. The molecule has 1 saturated heterocycles. The molecule has 0 radical (unpaired) electrons. The predicted octanol–water partition coefficient (Wildman–Crippen LogP) is 1.13. The average Bonchev–Trinajstić information content (AvgIpc) is 2.58. The summed E-state index contributed by atoms with van der Waals surface area (Å²) in [6, 6.07) is 0. The SMILES string of the molecule is CCOC[C@H]1CN(CCO)C[C@@H]1C(F)(F)F. The molecule has 16 heavy (non-hydrogen) atoms. The Morgan fingerprint density at radius 3 is 2.56 bits per heavy atom. The lowest BCUT2D eigenvalue weighted by Gasteiger charge is -2.20. The minimum Gasteiger partial charge on any atom is -0.395 e. The van der Waals surface area contributed by atoms with Gasteiger partial charge in [0.1, 0.15) is 0 Å². The van der Waals surface area contributed by atoms with E-state index in [4.69, 9.17) is 9.84 Å². The molecule has 0 aromatic carbocycles. The summed E-state index contributed by atoms with van der Waals surface area (Å²) in [5.41, 5.74) is 0. The molecule has 1 aliphatic heterocycles. The fourth-order valence-corrected chi connectivity index (χ4v) is 2.09. The Morgan fingerprint density at radius 1 is 1.38 bits per heavy atom. The second kappa shape index (κ2) is 5.84. The summed E-state index contributed by atoms with van der Waals surface area (Å²) >= 11 is 0. The summed E-state index contributed by atoms with van der Waals surface area (Å²) in [5, 5.41) is 8.72. The molecule has 96 valence electrons. The van der Waals surface area contributed by atoms with Crippen LogP contribution in [0.4, 0.5) is 13.2 Å². The zero-order valence-electron chi connectivity index (χ0n) is 9.33. The maximum Gasteiger partial charge on any atom is 0.393 e. The third kappa shape index (κ3) is 3.61. The van der Waals surface area contributed by atoms with Gasteiger partial charge in [0, 0.05) is 32.2 Å². The number of aliphatic hydroxyl groups is 1. The highest BCUT2D eigenvalue weighted by atomic mass is 19.4. The zero-order valence-corrected chi connectivity index (χ0v) is 9.33. The number of ether oxygens (including phenoxy) is 1. The number of aliphatic hydroxyl groups excluding tert-OH is 1. The van der Waals surface area contributed by atoms with Crippen molar-refractivity contribution in [1.82, 2.24) is 4.90 Å². The normalized spacial score (nSPS) is 27.6. The van der Waals surface area contributed by atoms with Crippen LogP contribution in [0.15, 0.2) is 0 Å². The molecule has 1 aliphatic rings. The molecule has 0 amide bonds. The van der Waals surface area contributed by atoms with Gasteiger partial charge in [0.05, 0.1) is 19.1 Å². The molecular formula is C10H18F3NO2. The van der Waals surface area contributed by atoms with Crippen LogP contribution in [0.3, 0.4) is 0 Å². The van der Waals surface area contributed by atoms with E-state index in [9.17, 15) is 13.2 Å². The Hall–Kier alpha value is -0.330. The lowest BCUT2D eigenvalue weighted by Crippen LogP contribution is -2.32.